The monoisotopic (exact) mass is 492 g/mol. The summed E-state index contributed by atoms with van der Waals surface area (Å²) in [4.78, 5) is 28.5. The number of carbonyl (C=O) groups excluding carboxylic acids is 2. The second-order valence-electron chi connectivity index (χ2n) is 9.04. The molecule has 0 aliphatic carbocycles. The second kappa shape index (κ2) is 11.5. The van der Waals surface area contributed by atoms with Crippen molar-refractivity contribution < 1.29 is 14.0 Å². The average Bonchev–Trinajstić information content (AvgIpc) is 2.91. The van der Waals surface area contributed by atoms with E-state index in [-0.39, 0.29) is 24.1 Å². The van der Waals surface area contributed by atoms with Crippen LogP contribution in [0.15, 0.2) is 103 Å². The summed E-state index contributed by atoms with van der Waals surface area (Å²) in [5.41, 5.74) is 5.05. The molecule has 0 unspecified atom stereocenters. The van der Waals surface area contributed by atoms with E-state index >= 15 is 4.39 Å². The molecule has 4 aromatic rings. The number of ketones is 1. The molecule has 0 fully saturated rings. The molecule has 0 aliphatic rings. The number of benzene rings is 4. The molecule has 0 radical (unpaired) electrons. The van der Waals surface area contributed by atoms with Crippen molar-refractivity contribution in [2.45, 2.75) is 13.5 Å². The quantitative estimate of drug-likeness (QED) is 0.249. The number of anilines is 2. The van der Waals surface area contributed by atoms with Crippen LogP contribution in [-0.4, -0.2) is 25.8 Å². The average molecular weight is 493 g/mol. The number of allylic oxidation sites excluding steroid dienone is 1. The van der Waals surface area contributed by atoms with Gasteiger partial charge >= 0.3 is 0 Å². The smallest absolute Gasteiger partial charge is 0.258 e. The summed E-state index contributed by atoms with van der Waals surface area (Å²) in [5.74, 6) is -0.690. The molecule has 37 heavy (non-hydrogen) atoms. The summed E-state index contributed by atoms with van der Waals surface area (Å²) in [7, 11) is 3.95. The Morgan fingerprint density at radius 3 is 2.14 bits per heavy atom. The zero-order valence-corrected chi connectivity index (χ0v) is 21.2. The predicted octanol–water partition coefficient (Wildman–Crippen LogP) is 7.01. The highest BCUT2D eigenvalue weighted by atomic mass is 19.1. The Balaban J connectivity index is 1.67. The molecule has 0 aromatic heterocycles. The Morgan fingerprint density at radius 2 is 1.49 bits per heavy atom. The molecule has 4 aromatic carbocycles. The molecule has 0 saturated carbocycles. The van der Waals surface area contributed by atoms with Crippen LogP contribution < -0.4 is 9.80 Å². The van der Waals surface area contributed by atoms with Gasteiger partial charge in [-0.25, -0.2) is 4.39 Å². The van der Waals surface area contributed by atoms with Crippen LogP contribution in [0.2, 0.25) is 0 Å². The lowest BCUT2D eigenvalue weighted by Gasteiger charge is -2.24. The molecule has 0 saturated heterocycles. The minimum atomic E-state index is -0.382. The lowest BCUT2D eigenvalue weighted by atomic mass is 10.0. The molecule has 4 nitrogen and oxygen atoms in total. The van der Waals surface area contributed by atoms with E-state index in [1.165, 1.54) is 19.1 Å². The maximum absolute atomic E-state index is 15.4. The first-order chi connectivity index (χ1) is 17.8. The van der Waals surface area contributed by atoms with Crippen molar-refractivity contribution in [3.05, 3.63) is 126 Å². The summed E-state index contributed by atoms with van der Waals surface area (Å²) < 4.78 is 15.4. The molecule has 0 atom stereocenters. The van der Waals surface area contributed by atoms with Crippen molar-refractivity contribution in [1.82, 2.24) is 0 Å². The van der Waals surface area contributed by atoms with E-state index < -0.39 is 0 Å². The zero-order valence-electron chi connectivity index (χ0n) is 21.2. The summed E-state index contributed by atoms with van der Waals surface area (Å²) in [6.45, 7) is 1.54. The van der Waals surface area contributed by atoms with Crippen LogP contribution in [-0.2, 0) is 11.3 Å². The SMILES string of the molecule is CC(=O)/C=C/c1cccc(N(Cc2ccc(-c3ccc(N(C)C)cc3)cc2F)C(=O)c2ccccc2)c1. The molecule has 0 heterocycles. The van der Waals surface area contributed by atoms with Crippen molar-refractivity contribution in [1.29, 1.82) is 0 Å². The first kappa shape index (κ1) is 25.6. The third-order valence-corrected chi connectivity index (χ3v) is 6.06. The molecule has 5 heteroatoms. The summed E-state index contributed by atoms with van der Waals surface area (Å²) in [5, 5.41) is 0. The third kappa shape index (κ3) is 6.39. The number of nitrogens with zero attached hydrogens (tertiary/aromatic N) is 2. The topological polar surface area (TPSA) is 40.6 Å². The molecular formula is C32H29FN2O2. The number of halogens is 1. The summed E-state index contributed by atoms with van der Waals surface area (Å²) in [6, 6.07) is 29.3. The van der Waals surface area contributed by atoms with Gasteiger partial charge in [-0.15, -0.1) is 0 Å². The van der Waals surface area contributed by atoms with Crippen LogP contribution in [0.4, 0.5) is 15.8 Å². The first-order valence-corrected chi connectivity index (χ1v) is 12.0. The normalized spacial score (nSPS) is 10.9. The minimum absolute atomic E-state index is 0.0548. The summed E-state index contributed by atoms with van der Waals surface area (Å²) in [6.07, 6.45) is 3.18. The van der Waals surface area contributed by atoms with Gasteiger partial charge in [0.05, 0.1) is 6.54 Å². The molecular weight excluding hydrogens is 463 g/mol. The van der Waals surface area contributed by atoms with E-state index in [0.717, 1.165) is 22.4 Å². The highest BCUT2D eigenvalue weighted by Gasteiger charge is 2.20. The summed E-state index contributed by atoms with van der Waals surface area (Å²) >= 11 is 0. The van der Waals surface area contributed by atoms with Gasteiger partial charge in [0.1, 0.15) is 5.82 Å². The van der Waals surface area contributed by atoms with Gasteiger partial charge in [0.15, 0.2) is 5.78 Å². The zero-order chi connectivity index (χ0) is 26.4. The molecule has 0 spiro atoms. The van der Waals surface area contributed by atoms with Crippen molar-refractivity contribution in [3.8, 4) is 11.1 Å². The van der Waals surface area contributed by atoms with E-state index in [2.05, 4.69) is 0 Å². The van der Waals surface area contributed by atoms with Gasteiger partial charge in [0.2, 0.25) is 0 Å². The van der Waals surface area contributed by atoms with Crippen molar-refractivity contribution in [2.75, 3.05) is 23.9 Å². The van der Waals surface area contributed by atoms with Crippen molar-refractivity contribution in [2.24, 2.45) is 0 Å². The number of hydrogen-bond donors (Lipinski definition) is 0. The molecule has 186 valence electrons. The Bertz CT molecular complexity index is 1430. The number of amides is 1. The Kier molecular flexibility index (Phi) is 7.94. The van der Waals surface area contributed by atoms with E-state index in [9.17, 15) is 9.59 Å². The highest BCUT2D eigenvalue weighted by Crippen LogP contribution is 2.27. The fourth-order valence-electron chi connectivity index (χ4n) is 4.00. The predicted molar refractivity (Wildman–Crippen MR) is 149 cm³/mol. The van der Waals surface area contributed by atoms with Crippen LogP contribution in [0.1, 0.15) is 28.4 Å². The van der Waals surface area contributed by atoms with E-state index in [1.807, 2.05) is 79.7 Å². The van der Waals surface area contributed by atoms with Crippen LogP contribution >= 0.6 is 0 Å². The molecule has 0 N–H and O–H groups in total. The highest BCUT2D eigenvalue weighted by molar-refractivity contribution is 6.06. The Hall–Kier alpha value is -4.51. The fraction of sp³-hybridized carbons (Fsp3) is 0.125. The van der Waals surface area contributed by atoms with E-state index in [1.54, 1.807) is 41.3 Å². The van der Waals surface area contributed by atoms with Gasteiger partial charge in [-0.3, -0.25) is 9.59 Å². The fourth-order valence-corrected chi connectivity index (χ4v) is 4.00. The minimum Gasteiger partial charge on any atom is -0.378 e. The molecule has 1 amide bonds. The van der Waals surface area contributed by atoms with Gasteiger partial charge < -0.3 is 9.80 Å². The van der Waals surface area contributed by atoms with E-state index in [0.29, 0.717) is 16.8 Å². The van der Waals surface area contributed by atoms with Gasteiger partial charge in [0.25, 0.3) is 5.91 Å². The standard InChI is InChI=1S/C32H29FN2O2/c1-23(36)12-13-24-8-7-11-30(20-24)35(32(37)26-9-5-4-6-10-26)22-28-15-14-27(21-31(28)33)25-16-18-29(19-17-25)34(2)3/h4-21H,22H2,1-3H3/b13-12+. The van der Waals surface area contributed by atoms with Crippen LogP contribution in [0.5, 0.6) is 0 Å². The number of carbonyl (C=O) groups is 2. The maximum Gasteiger partial charge on any atom is 0.258 e. The second-order valence-corrected chi connectivity index (χ2v) is 9.04. The van der Waals surface area contributed by atoms with Crippen LogP contribution in [0.25, 0.3) is 17.2 Å². The maximum atomic E-state index is 15.4. The van der Waals surface area contributed by atoms with Crippen LogP contribution in [0.3, 0.4) is 0 Å². The van der Waals surface area contributed by atoms with Crippen molar-refractivity contribution in [3.63, 3.8) is 0 Å². The largest absolute Gasteiger partial charge is 0.378 e. The molecule has 0 aliphatic heterocycles. The van der Waals surface area contributed by atoms with Gasteiger partial charge in [-0.2, -0.15) is 0 Å². The Labute approximate surface area is 217 Å². The van der Waals surface area contributed by atoms with E-state index in [4.69, 9.17) is 0 Å². The number of hydrogen-bond acceptors (Lipinski definition) is 3. The lowest BCUT2D eigenvalue weighted by molar-refractivity contribution is -0.112. The third-order valence-electron chi connectivity index (χ3n) is 6.06. The van der Waals surface area contributed by atoms with Gasteiger partial charge in [0, 0.05) is 36.6 Å². The lowest BCUT2D eigenvalue weighted by Crippen LogP contribution is -2.30. The molecule has 0 bridgehead atoms. The molecule has 4 rings (SSSR count). The number of rotatable bonds is 8. The first-order valence-electron chi connectivity index (χ1n) is 12.0. The Morgan fingerprint density at radius 1 is 0.784 bits per heavy atom. The van der Waals surface area contributed by atoms with Gasteiger partial charge in [-0.1, -0.05) is 60.7 Å². The van der Waals surface area contributed by atoms with Crippen LogP contribution in [0, 0.1) is 5.82 Å². The van der Waals surface area contributed by atoms with Gasteiger partial charge in [-0.05, 0) is 72.2 Å². The van der Waals surface area contributed by atoms with Crippen molar-refractivity contribution >= 4 is 29.1 Å².